The van der Waals surface area contributed by atoms with Gasteiger partial charge in [-0.15, -0.1) is 0 Å². The minimum Gasteiger partial charge on any atom is -0.326 e. The van der Waals surface area contributed by atoms with Gasteiger partial charge in [0.15, 0.2) is 0 Å². The fourth-order valence-electron chi connectivity index (χ4n) is 3.27. The second-order valence-electron chi connectivity index (χ2n) is 6.78. The summed E-state index contributed by atoms with van der Waals surface area (Å²) in [6.45, 7) is 3.74. The van der Waals surface area contributed by atoms with Crippen LogP contribution in [0.3, 0.4) is 0 Å². The van der Waals surface area contributed by atoms with Gasteiger partial charge in [0.2, 0.25) is 17.7 Å². The smallest absolute Gasteiger partial charge is 0.229 e. The molecule has 1 heterocycles. The van der Waals surface area contributed by atoms with Crippen molar-refractivity contribution in [1.82, 2.24) is 0 Å². The van der Waals surface area contributed by atoms with Gasteiger partial charge in [-0.2, -0.15) is 0 Å². The molecule has 0 bridgehead atoms. The average Bonchev–Trinajstić information content (AvgIpc) is 3.04. The summed E-state index contributed by atoms with van der Waals surface area (Å²) >= 11 is 5.90. The van der Waals surface area contributed by atoms with E-state index in [1.807, 2.05) is 13.0 Å². The molecule has 3 amide bonds. The Bertz CT molecular complexity index is 912. The standard InChI is InChI=1S/C21H22ClN3O3/c1-3-14-4-7-17(23-13(2)26)11-19(14)24-21(28)15-10-20(27)25(12-15)18-8-5-16(22)6-9-18/h4-9,11,15H,3,10,12H2,1-2H3,(H,23,26)(H,24,28). The third-order valence-corrected chi connectivity index (χ3v) is 4.96. The van der Waals surface area contributed by atoms with Crippen LogP contribution >= 0.6 is 11.6 Å². The maximum Gasteiger partial charge on any atom is 0.229 e. The van der Waals surface area contributed by atoms with Crippen LogP contribution in [0, 0.1) is 5.92 Å². The summed E-state index contributed by atoms with van der Waals surface area (Å²) < 4.78 is 0. The highest BCUT2D eigenvalue weighted by Gasteiger charge is 2.35. The largest absolute Gasteiger partial charge is 0.326 e. The number of anilines is 3. The lowest BCUT2D eigenvalue weighted by Gasteiger charge is -2.17. The number of nitrogens with zero attached hydrogens (tertiary/aromatic N) is 1. The van der Waals surface area contributed by atoms with Gasteiger partial charge in [-0.05, 0) is 48.4 Å². The molecular weight excluding hydrogens is 378 g/mol. The Kier molecular flexibility index (Phi) is 5.99. The van der Waals surface area contributed by atoms with Crippen LogP contribution in [-0.2, 0) is 20.8 Å². The summed E-state index contributed by atoms with van der Waals surface area (Å²) in [5.41, 5.74) is 2.95. The lowest BCUT2D eigenvalue weighted by Crippen LogP contribution is -2.28. The second-order valence-corrected chi connectivity index (χ2v) is 7.21. The van der Waals surface area contributed by atoms with Crippen molar-refractivity contribution in [3.05, 3.63) is 53.1 Å². The van der Waals surface area contributed by atoms with E-state index in [1.54, 1.807) is 41.3 Å². The van der Waals surface area contributed by atoms with Gasteiger partial charge in [0.05, 0.1) is 5.92 Å². The van der Waals surface area contributed by atoms with Crippen LogP contribution in [0.4, 0.5) is 17.1 Å². The maximum absolute atomic E-state index is 12.8. The normalized spacial score (nSPS) is 16.2. The highest BCUT2D eigenvalue weighted by Crippen LogP contribution is 2.28. The molecule has 0 aliphatic carbocycles. The predicted molar refractivity (Wildman–Crippen MR) is 111 cm³/mol. The van der Waals surface area contributed by atoms with Gasteiger partial charge < -0.3 is 15.5 Å². The molecule has 2 aromatic carbocycles. The maximum atomic E-state index is 12.8. The van der Waals surface area contributed by atoms with Crippen LogP contribution in [0.2, 0.25) is 5.02 Å². The molecule has 0 spiro atoms. The summed E-state index contributed by atoms with van der Waals surface area (Å²) in [4.78, 5) is 38.1. The van der Waals surface area contributed by atoms with E-state index in [0.717, 1.165) is 17.7 Å². The van der Waals surface area contributed by atoms with E-state index in [2.05, 4.69) is 10.6 Å². The lowest BCUT2D eigenvalue weighted by atomic mass is 10.1. The molecule has 2 aromatic rings. The molecule has 0 radical (unpaired) electrons. The molecule has 7 heteroatoms. The van der Waals surface area contributed by atoms with E-state index < -0.39 is 5.92 Å². The first-order chi connectivity index (χ1) is 13.4. The van der Waals surface area contributed by atoms with E-state index in [9.17, 15) is 14.4 Å². The Morgan fingerprint density at radius 2 is 1.86 bits per heavy atom. The Hall–Kier alpha value is -2.86. The first-order valence-corrected chi connectivity index (χ1v) is 9.52. The molecule has 1 aliphatic rings. The summed E-state index contributed by atoms with van der Waals surface area (Å²) in [5, 5.41) is 6.24. The number of carbonyl (C=O) groups is 3. The third kappa shape index (κ3) is 4.51. The molecule has 6 nitrogen and oxygen atoms in total. The van der Waals surface area contributed by atoms with Gasteiger partial charge in [-0.1, -0.05) is 24.6 Å². The number of amides is 3. The zero-order valence-electron chi connectivity index (χ0n) is 15.8. The number of hydrogen-bond donors (Lipinski definition) is 2. The zero-order valence-corrected chi connectivity index (χ0v) is 16.5. The van der Waals surface area contributed by atoms with Crippen LogP contribution < -0.4 is 15.5 Å². The number of benzene rings is 2. The Morgan fingerprint density at radius 3 is 2.50 bits per heavy atom. The van der Waals surface area contributed by atoms with Gasteiger partial charge in [-0.3, -0.25) is 14.4 Å². The lowest BCUT2D eigenvalue weighted by molar-refractivity contribution is -0.122. The highest BCUT2D eigenvalue weighted by atomic mass is 35.5. The van der Waals surface area contributed by atoms with Crippen LogP contribution in [0.1, 0.15) is 25.8 Å². The van der Waals surface area contributed by atoms with Crippen molar-refractivity contribution in [2.75, 3.05) is 22.1 Å². The number of rotatable bonds is 5. The predicted octanol–water partition coefficient (Wildman–Crippen LogP) is 3.85. The summed E-state index contributed by atoms with van der Waals surface area (Å²) in [5.74, 6) is -0.927. The molecule has 1 saturated heterocycles. The highest BCUT2D eigenvalue weighted by molar-refractivity contribution is 6.30. The Balaban J connectivity index is 1.73. The minimum absolute atomic E-state index is 0.0924. The summed E-state index contributed by atoms with van der Waals surface area (Å²) in [6.07, 6.45) is 0.887. The van der Waals surface area contributed by atoms with Gasteiger partial charge in [0.25, 0.3) is 0 Å². The molecule has 146 valence electrons. The van der Waals surface area contributed by atoms with Crippen molar-refractivity contribution in [2.45, 2.75) is 26.7 Å². The third-order valence-electron chi connectivity index (χ3n) is 4.70. The number of hydrogen-bond acceptors (Lipinski definition) is 3. The second kappa shape index (κ2) is 8.44. The van der Waals surface area contributed by atoms with Crippen LogP contribution in [0.5, 0.6) is 0 Å². The summed E-state index contributed by atoms with van der Waals surface area (Å²) in [6, 6.07) is 12.4. The van der Waals surface area contributed by atoms with E-state index in [4.69, 9.17) is 11.6 Å². The van der Waals surface area contributed by atoms with Crippen molar-refractivity contribution in [3.63, 3.8) is 0 Å². The fourth-order valence-corrected chi connectivity index (χ4v) is 3.40. The molecule has 2 N–H and O–H groups in total. The topological polar surface area (TPSA) is 78.5 Å². The minimum atomic E-state index is -0.447. The van der Waals surface area contributed by atoms with Gasteiger partial charge in [0.1, 0.15) is 0 Å². The molecule has 1 atom stereocenters. The number of aryl methyl sites for hydroxylation is 1. The van der Waals surface area contributed by atoms with E-state index >= 15 is 0 Å². The monoisotopic (exact) mass is 399 g/mol. The van der Waals surface area contributed by atoms with Gasteiger partial charge in [-0.25, -0.2) is 0 Å². The van der Waals surface area contributed by atoms with Crippen molar-refractivity contribution in [3.8, 4) is 0 Å². The first kappa shape index (κ1) is 19.9. The average molecular weight is 400 g/mol. The number of carbonyl (C=O) groups excluding carboxylic acids is 3. The molecule has 3 rings (SSSR count). The van der Waals surface area contributed by atoms with E-state index in [0.29, 0.717) is 22.9 Å². The zero-order chi connectivity index (χ0) is 20.3. The Labute approximate surface area is 168 Å². The fraction of sp³-hybridized carbons (Fsp3) is 0.286. The molecule has 1 aliphatic heterocycles. The van der Waals surface area contributed by atoms with E-state index in [-0.39, 0.29) is 24.1 Å². The van der Waals surface area contributed by atoms with Crippen LogP contribution in [0.25, 0.3) is 0 Å². The van der Waals surface area contributed by atoms with Crippen LogP contribution in [0.15, 0.2) is 42.5 Å². The first-order valence-electron chi connectivity index (χ1n) is 9.14. The van der Waals surface area contributed by atoms with Crippen molar-refractivity contribution in [1.29, 1.82) is 0 Å². The molecule has 0 saturated carbocycles. The number of halogens is 1. The molecular formula is C21H22ClN3O3. The van der Waals surface area contributed by atoms with Crippen molar-refractivity contribution < 1.29 is 14.4 Å². The molecule has 28 heavy (non-hydrogen) atoms. The van der Waals surface area contributed by atoms with E-state index in [1.165, 1.54) is 6.92 Å². The summed E-state index contributed by atoms with van der Waals surface area (Å²) in [7, 11) is 0. The quantitative estimate of drug-likeness (QED) is 0.801. The van der Waals surface area contributed by atoms with Crippen LogP contribution in [-0.4, -0.2) is 24.3 Å². The van der Waals surface area contributed by atoms with Gasteiger partial charge >= 0.3 is 0 Å². The molecule has 1 fully saturated rings. The SMILES string of the molecule is CCc1ccc(NC(C)=O)cc1NC(=O)C1CC(=O)N(c2ccc(Cl)cc2)C1. The van der Waals surface area contributed by atoms with Gasteiger partial charge in [0, 0.05) is 42.0 Å². The van der Waals surface area contributed by atoms with Crippen molar-refractivity contribution in [2.24, 2.45) is 5.92 Å². The molecule has 0 aromatic heterocycles. The van der Waals surface area contributed by atoms with Crippen molar-refractivity contribution >= 4 is 46.4 Å². The Morgan fingerprint density at radius 1 is 1.14 bits per heavy atom. The molecule has 1 unspecified atom stereocenters. The number of nitrogens with one attached hydrogen (secondary N) is 2.